The maximum Gasteiger partial charge on any atom is 0.341 e. The lowest BCUT2D eigenvalue weighted by Crippen LogP contribution is -2.37. The van der Waals surface area contributed by atoms with Gasteiger partial charge >= 0.3 is 5.97 Å². The van der Waals surface area contributed by atoms with Gasteiger partial charge in [-0.25, -0.2) is 4.79 Å². The molecule has 1 aliphatic heterocycles. The van der Waals surface area contributed by atoms with Crippen LogP contribution < -0.4 is 10.2 Å². The molecule has 1 amide bonds. The summed E-state index contributed by atoms with van der Waals surface area (Å²) in [5.41, 5.74) is 4.03. The van der Waals surface area contributed by atoms with Crippen LogP contribution in [0.5, 0.6) is 0 Å². The lowest BCUT2D eigenvalue weighted by atomic mass is 10.1. The smallest absolute Gasteiger partial charge is 0.341 e. The highest BCUT2D eigenvalue weighted by atomic mass is 32.1. The second kappa shape index (κ2) is 7.35. The van der Waals surface area contributed by atoms with Gasteiger partial charge in [0.05, 0.1) is 18.7 Å². The van der Waals surface area contributed by atoms with Crippen molar-refractivity contribution in [1.82, 2.24) is 0 Å². The average Bonchev–Trinajstić information content (AvgIpc) is 3.29. The molecule has 0 saturated carbocycles. The minimum absolute atomic E-state index is 0.0935. The Balaban J connectivity index is 1.53. The van der Waals surface area contributed by atoms with E-state index in [1.165, 1.54) is 21.8 Å². The van der Waals surface area contributed by atoms with Crippen LogP contribution in [0.3, 0.4) is 0 Å². The molecule has 0 radical (unpaired) electrons. The molecule has 0 unspecified atom stereocenters. The Labute approximate surface area is 163 Å². The molecule has 1 aromatic carbocycles. The number of thiophene rings is 1. The van der Waals surface area contributed by atoms with Crippen LogP contribution in [-0.4, -0.2) is 31.1 Å². The highest BCUT2D eigenvalue weighted by Gasteiger charge is 2.30. The van der Waals surface area contributed by atoms with E-state index in [1.807, 2.05) is 12.1 Å². The first-order valence-electron chi connectivity index (χ1n) is 9.54. The van der Waals surface area contributed by atoms with Crippen molar-refractivity contribution in [1.29, 1.82) is 0 Å². The first kappa shape index (κ1) is 18.0. The Morgan fingerprint density at radius 2 is 2.11 bits per heavy atom. The fourth-order valence-corrected chi connectivity index (χ4v) is 5.40. The molecule has 5 nitrogen and oxygen atoms in total. The molecule has 27 heavy (non-hydrogen) atoms. The van der Waals surface area contributed by atoms with E-state index in [0.717, 1.165) is 36.9 Å². The van der Waals surface area contributed by atoms with Crippen molar-refractivity contribution in [3.8, 4) is 0 Å². The zero-order chi connectivity index (χ0) is 19.0. The maximum absolute atomic E-state index is 12.8. The number of hydrogen-bond donors (Lipinski definition) is 1. The molecule has 2 aromatic rings. The van der Waals surface area contributed by atoms with E-state index in [2.05, 4.69) is 29.3 Å². The molecule has 1 atom stereocenters. The van der Waals surface area contributed by atoms with Gasteiger partial charge in [-0.05, 0) is 56.7 Å². The molecule has 6 heteroatoms. The topological polar surface area (TPSA) is 58.6 Å². The normalized spacial score (nSPS) is 17.6. The molecule has 142 valence electrons. The predicted octanol–water partition coefficient (Wildman–Crippen LogP) is 3.80. The minimum Gasteiger partial charge on any atom is -0.462 e. The fourth-order valence-electron chi connectivity index (χ4n) is 4.10. The third kappa shape index (κ3) is 3.34. The summed E-state index contributed by atoms with van der Waals surface area (Å²) in [5, 5.41) is 3.64. The molecule has 2 heterocycles. The van der Waals surface area contributed by atoms with E-state index in [1.54, 1.807) is 6.92 Å². The third-order valence-electron chi connectivity index (χ3n) is 5.32. The number of rotatable bonds is 5. The van der Waals surface area contributed by atoms with E-state index >= 15 is 0 Å². The highest BCUT2D eigenvalue weighted by Crippen LogP contribution is 2.39. The summed E-state index contributed by atoms with van der Waals surface area (Å²) in [5.74, 6) is -0.420. The van der Waals surface area contributed by atoms with E-state index in [4.69, 9.17) is 4.74 Å². The minimum atomic E-state index is -0.327. The van der Waals surface area contributed by atoms with Crippen molar-refractivity contribution >= 4 is 33.9 Å². The number of anilines is 2. The summed E-state index contributed by atoms with van der Waals surface area (Å²) in [6.45, 7) is 4.55. The SMILES string of the molecule is CCOC(=O)c1c(NC(=O)CN2c3ccccc3C[C@H]2C)sc2c1CCC2. The lowest BCUT2D eigenvalue weighted by Gasteiger charge is -2.24. The Bertz CT molecular complexity index is 890. The maximum atomic E-state index is 12.8. The lowest BCUT2D eigenvalue weighted by molar-refractivity contribution is -0.115. The Hall–Kier alpha value is -2.34. The standard InChI is InChI=1S/C21H24N2O3S/c1-3-26-21(25)19-15-8-6-10-17(15)27-20(19)22-18(24)12-23-13(2)11-14-7-4-5-9-16(14)23/h4-5,7,9,13H,3,6,8,10-12H2,1-2H3,(H,22,24)/t13-/m1/s1. The molecular formula is C21H24N2O3S. The first-order chi connectivity index (χ1) is 13.1. The number of carbonyl (C=O) groups excluding carboxylic acids is 2. The first-order valence-corrected chi connectivity index (χ1v) is 10.4. The van der Waals surface area contributed by atoms with Crippen LogP contribution in [0.1, 0.15) is 46.6 Å². The van der Waals surface area contributed by atoms with E-state index < -0.39 is 0 Å². The van der Waals surface area contributed by atoms with Crippen LogP contribution in [0.4, 0.5) is 10.7 Å². The number of carbonyl (C=O) groups is 2. The number of nitrogens with zero attached hydrogens (tertiary/aromatic N) is 1. The monoisotopic (exact) mass is 384 g/mol. The van der Waals surface area contributed by atoms with Crippen LogP contribution in [0.15, 0.2) is 24.3 Å². The van der Waals surface area contributed by atoms with Crippen LogP contribution in [0.25, 0.3) is 0 Å². The van der Waals surface area contributed by atoms with Crippen LogP contribution in [0, 0.1) is 0 Å². The zero-order valence-electron chi connectivity index (χ0n) is 15.7. The predicted molar refractivity (Wildman–Crippen MR) is 108 cm³/mol. The van der Waals surface area contributed by atoms with Gasteiger partial charge in [-0.15, -0.1) is 11.3 Å². The van der Waals surface area contributed by atoms with Crippen LogP contribution in [-0.2, 0) is 28.8 Å². The van der Waals surface area contributed by atoms with Gasteiger partial charge in [0.2, 0.25) is 5.91 Å². The number of amides is 1. The summed E-state index contributed by atoms with van der Waals surface area (Å²) >= 11 is 1.52. The molecule has 2 aliphatic rings. The van der Waals surface area contributed by atoms with Gasteiger partial charge < -0.3 is 15.0 Å². The second-order valence-electron chi connectivity index (χ2n) is 7.14. The van der Waals surface area contributed by atoms with Gasteiger partial charge in [-0.3, -0.25) is 4.79 Å². The molecule has 0 saturated heterocycles. The van der Waals surface area contributed by atoms with Crippen molar-refractivity contribution in [3.63, 3.8) is 0 Å². The van der Waals surface area contributed by atoms with E-state index in [0.29, 0.717) is 17.2 Å². The molecule has 1 aliphatic carbocycles. The molecule has 0 fully saturated rings. The Morgan fingerprint density at radius 3 is 2.93 bits per heavy atom. The molecule has 0 bridgehead atoms. The number of ether oxygens (including phenoxy) is 1. The molecule has 4 rings (SSSR count). The van der Waals surface area contributed by atoms with Crippen molar-refractivity contribution in [2.24, 2.45) is 0 Å². The number of benzene rings is 1. The van der Waals surface area contributed by atoms with Crippen LogP contribution in [0.2, 0.25) is 0 Å². The molecule has 1 aromatic heterocycles. The van der Waals surface area contributed by atoms with Gasteiger partial charge in [0.15, 0.2) is 0 Å². The van der Waals surface area contributed by atoms with Crippen molar-refractivity contribution < 1.29 is 14.3 Å². The number of aryl methyl sites for hydroxylation is 1. The summed E-state index contributed by atoms with van der Waals surface area (Å²) in [6.07, 6.45) is 3.86. The van der Waals surface area contributed by atoms with Gasteiger partial charge in [-0.1, -0.05) is 18.2 Å². The number of hydrogen-bond acceptors (Lipinski definition) is 5. The quantitative estimate of drug-likeness (QED) is 0.797. The van der Waals surface area contributed by atoms with Gasteiger partial charge in [-0.2, -0.15) is 0 Å². The van der Waals surface area contributed by atoms with Crippen molar-refractivity contribution in [3.05, 3.63) is 45.8 Å². The average molecular weight is 385 g/mol. The zero-order valence-corrected chi connectivity index (χ0v) is 16.5. The summed E-state index contributed by atoms with van der Waals surface area (Å²) in [7, 11) is 0. The highest BCUT2D eigenvalue weighted by molar-refractivity contribution is 7.17. The number of fused-ring (bicyclic) bond motifs is 2. The molecule has 0 spiro atoms. The summed E-state index contributed by atoms with van der Waals surface area (Å²) < 4.78 is 5.24. The van der Waals surface area contributed by atoms with Crippen molar-refractivity contribution in [2.45, 2.75) is 45.6 Å². The van der Waals surface area contributed by atoms with E-state index in [9.17, 15) is 9.59 Å². The van der Waals surface area contributed by atoms with Crippen molar-refractivity contribution in [2.75, 3.05) is 23.4 Å². The Kier molecular flexibility index (Phi) is 4.91. The number of nitrogens with one attached hydrogen (secondary N) is 1. The van der Waals surface area contributed by atoms with Crippen LogP contribution >= 0.6 is 11.3 Å². The van der Waals surface area contributed by atoms with Gasteiger partial charge in [0, 0.05) is 16.6 Å². The number of esters is 1. The molecule has 1 N–H and O–H groups in total. The van der Waals surface area contributed by atoms with Gasteiger partial charge in [0.25, 0.3) is 0 Å². The van der Waals surface area contributed by atoms with E-state index in [-0.39, 0.29) is 24.5 Å². The number of para-hydroxylation sites is 1. The second-order valence-corrected chi connectivity index (χ2v) is 8.25. The summed E-state index contributed by atoms with van der Waals surface area (Å²) in [6, 6.07) is 8.51. The van der Waals surface area contributed by atoms with Gasteiger partial charge in [0.1, 0.15) is 5.00 Å². The largest absolute Gasteiger partial charge is 0.462 e. The summed E-state index contributed by atoms with van der Waals surface area (Å²) in [4.78, 5) is 28.6. The Morgan fingerprint density at radius 1 is 1.30 bits per heavy atom. The molecular weight excluding hydrogens is 360 g/mol. The third-order valence-corrected chi connectivity index (χ3v) is 6.52. The fraction of sp³-hybridized carbons (Fsp3) is 0.429.